The highest BCUT2D eigenvalue weighted by molar-refractivity contribution is 7.98. The lowest BCUT2D eigenvalue weighted by molar-refractivity contribution is 0.393. The molecule has 120 valence electrons. The lowest BCUT2D eigenvalue weighted by Crippen LogP contribution is -2.11. The summed E-state index contributed by atoms with van der Waals surface area (Å²) in [5, 5.41) is 13.1. The van der Waals surface area contributed by atoms with E-state index < -0.39 is 9.84 Å². The predicted molar refractivity (Wildman–Crippen MR) is 82.3 cm³/mol. The Hall–Kier alpha value is -1.35. The van der Waals surface area contributed by atoms with Crippen molar-refractivity contribution in [1.29, 1.82) is 0 Å². The van der Waals surface area contributed by atoms with E-state index in [0.29, 0.717) is 17.9 Å². The molecule has 9 heteroatoms. The summed E-state index contributed by atoms with van der Waals surface area (Å²) >= 11 is 1.54. The third-order valence-electron chi connectivity index (χ3n) is 3.75. The van der Waals surface area contributed by atoms with Crippen molar-refractivity contribution in [2.24, 2.45) is 13.0 Å². The van der Waals surface area contributed by atoms with Crippen LogP contribution in [-0.4, -0.2) is 39.8 Å². The van der Waals surface area contributed by atoms with Crippen LogP contribution >= 0.6 is 11.8 Å². The van der Waals surface area contributed by atoms with Crippen molar-refractivity contribution in [2.45, 2.75) is 30.7 Å². The summed E-state index contributed by atoms with van der Waals surface area (Å²) in [4.78, 5) is 0. The molecule has 0 saturated carbocycles. The van der Waals surface area contributed by atoms with Gasteiger partial charge in [-0.15, -0.1) is 10.2 Å². The molecule has 0 N–H and O–H groups in total. The monoisotopic (exact) mass is 342 g/mol. The number of rotatable bonds is 5. The van der Waals surface area contributed by atoms with E-state index in [1.165, 1.54) is 0 Å². The van der Waals surface area contributed by atoms with Gasteiger partial charge in [-0.2, -0.15) is 0 Å². The quantitative estimate of drug-likeness (QED) is 0.758. The smallest absolute Gasteiger partial charge is 0.191 e. The van der Waals surface area contributed by atoms with Gasteiger partial charge in [0.2, 0.25) is 0 Å². The summed E-state index contributed by atoms with van der Waals surface area (Å²) in [6, 6.07) is 1.90. The highest BCUT2D eigenvalue weighted by atomic mass is 32.2. The molecule has 1 fully saturated rings. The Morgan fingerprint density at radius 2 is 2.27 bits per heavy atom. The van der Waals surface area contributed by atoms with Gasteiger partial charge in [0, 0.05) is 25.3 Å². The summed E-state index contributed by atoms with van der Waals surface area (Å²) in [5.74, 6) is 3.01. The molecule has 2 aromatic heterocycles. The predicted octanol–water partition coefficient (Wildman–Crippen LogP) is 1.38. The van der Waals surface area contributed by atoms with Crippen LogP contribution in [0.2, 0.25) is 0 Å². The molecule has 0 radical (unpaired) electrons. The summed E-state index contributed by atoms with van der Waals surface area (Å²) in [5.41, 5.74) is 0.869. The Morgan fingerprint density at radius 1 is 1.45 bits per heavy atom. The van der Waals surface area contributed by atoms with Crippen LogP contribution in [0.15, 0.2) is 15.7 Å². The standard InChI is InChI=1S/C13H18N4O3S2/c1-9-5-11(16-20-9)7-21-13-15-14-12(17(13)2)6-10-3-4-22(18,19)8-10/h5,10H,3-4,6-8H2,1-2H3/t10-/m0/s1. The summed E-state index contributed by atoms with van der Waals surface area (Å²) in [7, 11) is -0.935. The van der Waals surface area contributed by atoms with Crippen LogP contribution in [0.4, 0.5) is 0 Å². The third kappa shape index (κ3) is 3.52. The van der Waals surface area contributed by atoms with Crippen LogP contribution < -0.4 is 0 Å². The third-order valence-corrected chi connectivity index (χ3v) is 6.64. The zero-order valence-electron chi connectivity index (χ0n) is 12.5. The Labute approximate surface area is 133 Å². The normalized spacial score (nSPS) is 20.5. The van der Waals surface area contributed by atoms with Crippen LogP contribution in [0.25, 0.3) is 0 Å². The molecule has 1 saturated heterocycles. The van der Waals surface area contributed by atoms with Gasteiger partial charge in [-0.3, -0.25) is 0 Å². The average molecular weight is 342 g/mol. The lowest BCUT2D eigenvalue weighted by Gasteiger charge is -2.07. The van der Waals surface area contributed by atoms with E-state index >= 15 is 0 Å². The van der Waals surface area contributed by atoms with Crippen LogP contribution in [-0.2, 0) is 29.1 Å². The zero-order valence-corrected chi connectivity index (χ0v) is 14.2. The molecular weight excluding hydrogens is 324 g/mol. The van der Waals surface area contributed by atoms with Crippen LogP contribution in [0.5, 0.6) is 0 Å². The topological polar surface area (TPSA) is 90.9 Å². The first-order valence-electron chi connectivity index (χ1n) is 7.06. The highest BCUT2D eigenvalue weighted by Gasteiger charge is 2.29. The maximum atomic E-state index is 11.5. The first kappa shape index (κ1) is 15.5. The molecule has 0 unspecified atom stereocenters. The van der Waals surface area contributed by atoms with E-state index in [4.69, 9.17) is 4.52 Å². The minimum atomic E-state index is -2.85. The maximum Gasteiger partial charge on any atom is 0.191 e. The summed E-state index contributed by atoms with van der Waals surface area (Å²) in [6.07, 6.45) is 1.38. The Morgan fingerprint density at radius 3 is 2.91 bits per heavy atom. The fraction of sp³-hybridized carbons (Fsp3) is 0.615. The molecule has 3 heterocycles. The first-order valence-corrected chi connectivity index (χ1v) is 9.87. The molecule has 0 aromatic carbocycles. The van der Waals surface area contributed by atoms with E-state index in [1.54, 1.807) is 11.8 Å². The van der Waals surface area contributed by atoms with Gasteiger partial charge in [0.05, 0.1) is 17.2 Å². The Bertz CT molecular complexity index is 766. The molecule has 22 heavy (non-hydrogen) atoms. The first-order chi connectivity index (χ1) is 10.4. The largest absolute Gasteiger partial charge is 0.361 e. The van der Waals surface area contributed by atoms with Crippen molar-refractivity contribution in [2.75, 3.05) is 11.5 Å². The fourth-order valence-corrected chi connectivity index (χ4v) is 5.24. The number of hydrogen-bond donors (Lipinski definition) is 0. The van der Waals surface area contributed by atoms with Crippen molar-refractivity contribution in [3.63, 3.8) is 0 Å². The zero-order chi connectivity index (χ0) is 15.7. The summed E-state index contributed by atoms with van der Waals surface area (Å²) < 4.78 is 30.0. The minimum absolute atomic E-state index is 0.156. The van der Waals surface area contributed by atoms with E-state index in [0.717, 1.165) is 28.9 Å². The van der Waals surface area contributed by atoms with Gasteiger partial charge >= 0.3 is 0 Å². The van der Waals surface area contributed by atoms with Crippen molar-refractivity contribution in [3.05, 3.63) is 23.3 Å². The lowest BCUT2D eigenvalue weighted by atomic mass is 10.1. The molecule has 0 aliphatic carbocycles. The molecule has 0 bridgehead atoms. The van der Waals surface area contributed by atoms with E-state index in [9.17, 15) is 8.42 Å². The number of nitrogens with zero attached hydrogens (tertiary/aromatic N) is 4. The summed E-state index contributed by atoms with van der Waals surface area (Å²) in [6.45, 7) is 1.86. The molecule has 1 aliphatic heterocycles. The number of thioether (sulfide) groups is 1. The van der Waals surface area contributed by atoms with Gasteiger partial charge in [0.1, 0.15) is 11.6 Å². The van der Waals surface area contributed by atoms with E-state index in [1.807, 2.05) is 24.6 Å². The minimum Gasteiger partial charge on any atom is -0.361 e. The molecule has 0 spiro atoms. The van der Waals surface area contributed by atoms with Gasteiger partial charge in [-0.25, -0.2) is 8.42 Å². The second kappa shape index (κ2) is 6.04. The van der Waals surface area contributed by atoms with Gasteiger partial charge in [-0.1, -0.05) is 16.9 Å². The van der Waals surface area contributed by atoms with Crippen molar-refractivity contribution in [3.8, 4) is 0 Å². The fourth-order valence-electron chi connectivity index (χ4n) is 2.56. The number of aromatic nitrogens is 4. The molecule has 0 amide bonds. The molecule has 1 atom stereocenters. The second-order valence-electron chi connectivity index (χ2n) is 5.65. The van der Waals surface area contributed by atoms with E-state index in [-0.39, 0.29) is 11.7 Å². The highest BCUT2D eigenvalue weighted by Crippen LogP contribution is 2.25. The van der Waals surface area contributed by atoms with Gasteiger partial charge in [0.15, 0.2) is 15.0 Å². The van der Waals surface area contributed by atoms with Crippen molar-refractivity contribution < 1.29 is 12.9 Å². The molecule has 1 aliphatic rings. The Kier molecular flexibility index (Phi) is 4.26. The number of hydrogen-bond acceptors (Lipinski definition) is 7. The van der Waals surface area contributed by atoms with E-state index in [2.05, 4.69) is 15.4 Å². The second-order valence-corrected chi connectivity index (χ2v) is 8.82. The number of sulfone groups is 1. The number of aryl methyl sites for hydroxylation is 1. The van der Waals surface area contributed by atoms with Crippen LogP contribution in [0.3, 0.4) is 0 Å². The van der Waals surface area contributed by atoms with Gasteiger partial charge in [-0.05, 0) is 19.3 Å². The van der Waals surface area contributed by atoms with Crippen molar-refractivity contribution >= 4 is 21.6 Å². The molecule has 7 nitrogen and oxygen atoms in total. The van der Waals surface area contributed by atoms with Gasteiger partial charge in [0.25, 0.3) is 0 Å². The molecular formula is C13H18N4O3S2. The SMILES string of the molecule is Cc1cc(CSc2nnc(C[C@@H]3CCS(=O)(=O)C3)n2C)no1. The van der Waals surface area contributed by atoms with Gasteiger partial charge < -0.3 is 9.09 Å². The molecule has 2 aromatic rings. The average Bonchev–Trinajstić information content (AvgIpc) is 3.11. The molecule has 3 rings (SSSR count). The van der Waals surface area contributed by atoms with Crippen LogP contribution in [0.1, 0.15) is 23.7 Å². The van der Waals surface area contributed by atoms with Crippen molar-refractivity contribution in [1.82, 2.24) is 19.9 Å². The maximum absolute atomic E-state index is 11.5. The van der Waals surface area contributed by atoms with Crippen LogP contribution in [0, 0.1) is 12.8 Å². The Balaban J connectivity index is 1.62.